The molecule has 0 aliphatic carbocycles. The third kappa shape index (κ3) is 2.99. The molecule has 0 aromatic carbocycles. The number of ether oxygens (including phenoxy) is 2. The summed E-state index contributed by atoms with van der Waals surface area (Å²) in [4.78, 5) is 2.57. The zero-order valence-corrected chi connectivity index (χ0v) is 11.2. The van der Waals surface area contributed by atoms with Gasteiger partial charge in [-0.1, -0.05) is 0 Å². The smallest absolute Gasteiger partial charge is 0.0598 e. The van der Waals surface area contributed by atoms with Gasteiger partial charge in [0.25, 0.3) is 0 Å². The fourth-order valence-corrected chi connectivity index (χ4v) is 3.06. The van der Waals surface area contributed by atoms with Crippen molar-refractivity contribution >= 4 is 0 Å². The minimum absolute atomic E-state index is 0.203. The molecule has 0 bridgehead atoms. The lowest BCUT2D eigenvalue weighted by Gasteiger charge is -2.41. The van der Waals surface area contributed by atoms with E-state index in [4.69, 9.17) is 15.2 Å². The standard InChI is InChI=1S/C13H26N2O2/c1-11-7-12(16-2)3-5-15(11)9-13(8-14)4-6-17-10-13/h11-12H,3-10,14H2,1-2H3. The van der Waals surface area contributed by atoms with Crippen molar-refractivity contribution in [3.05, 3.63) is 0 Å². The fraction of sp³-hybridized carbons (Fsp3) is 1.00. The molecule has 3 atom stereocenters. The lowest BCUT2D eigenvalue weighted by molar-refractivity contribution is -0.00173. The van der Waals surface area contributed by atoms with Crippen LogP contribution in [0.4, 0.5) is 0 Å². The zero-order valence-electron chi connectivity index (χ0n) is 11.2. The third-order valence-electron chi connectivity index (χ3n) is 4.46. The molecule has 0 spiro atoms. The fourth-order valence-electron chi connectivity index (χ4n) is 3.06. The van der Waals surface area contributed by atoms with Crippen LogP contribution in [-0.4, -0.2) is 57.0 Å². The largest absolute Gasteiger partial charge is 0.381 e. The number of nitrogens with zero attached hydrogens (tertiary/aromatic N) is 1. The highest BCUT2D eigenvalue weighted by Gasteiger charge is 2.37. The van der Waals surface area contributed by atoms with Crippen molar-refractivity contribution in [2.75, 3.05) is 40.0 Å². The Kier molecular flexibility index (Phi) is 4.42. The molecule has 4 nitrogen and oxygen atoms in total. The van der Waals surface area contributed by atoms with Gasteiger partial charge in [-0.15, -0.1) is 0 Å². The van der Waals surface area contributed by atoms with Crippen LogP contribution >= 0.6 is 0 Å². The van der Waals surface area contributed by atoms with Crippen molar-refractivity contribution < 1.29 is 9.47 Å². The van der Waals surface area contributed by atoms with E-state index in [0.717, 1.165) is 52.1 Å². The van der Waals surface area contributed by atoms with Crippen molar-refractivity contribution in [2.24, 2.45) is 11.1 Å². The highest BCUT2D eigenvalue weighted by atomic mass is 16.5. The van der Waals surface area contributed by atoms with Crippen LogP contribution < -0.4 is 5.73 Å². The first kappa shape index (κ1) is 13.3. The quantitative estimate of drug-likeness (QED) is 0.794. The molecular weight excluding hydrogens is 216 g/mol. The lowest BCUT2D eigenvalue weighted by atomic mass is 9.85. The monoisotopic (exact) mass is 242 g/mol. The number of rotatable bonds is 4. The topological polar surface area (TPSA) is 47.7 Å². The van der Waals surface area contributed by atoms with Gasteiger partial charge in [0.15, 0.2) is 0 Å². The third-order valence-corrected chi connectivity index (χ3v) is 4.46. The second kappa shape index (κ2) is 5.65. The number of hydrogen-bond acceptors (Lipinski definition) is 4. The summed E-state index contributed by atoms with van der Waals surface area (Å²) in [6.07, 6.45) is 3.83. The van der Waals surface area contributed by atoms with Crippen LogP contribution in [-0.2, 0) is 9.47 Å². The second-order valence-corrected chi connectivity index (χ2v) is 5.71. The minimum atomic E-state index is 0.203. The Labute approximate surface area is 104 Å². The molecule has 2 fully saturated rings. The molecule has 0 aromatic heterocycles. The molecule has 2 rings (SSSR count). The maximum absolute atomic E-state index is 5.95. The molecule has 0 aromatic rings. The average Bonchev–Trinajstić information content (AvgIpc) is 2.81. The van der Waals surface area contributed by atoms with Crippen LogP contribution in [0.1, 0.15) is 26.2 Å². The number of hydrogen-bond donors (Lipinski definition) is 1. The molecule has 0 radical (unpaired) electrons. The van der Waals surface area contributed by atoms with Gasteiger partial charge in [-0.3, -0.25) is 4.90 Å². The molecule has 2 aliphatic heterocycles. The first-order valence-electron chi connectivity index (χ1n) is 6.74. The molecule has 2 N–H and O–H groups in total. The normalized spacial score (nSPS) is 39.7. The van der Waals surface area contributed by atoms with E-state index in [1.807, 2.05) is 7.11 Å². The summed E-state index contributed by atoms with van der Waals surface area (Å²) in [5.74, 6) is 0. The average molecular weight is 242 g/mol. The Bertz CT molecular complexity index is 242. The van der Waals surface area contributed by atoms with E-state index < -0.39 is 0 Å². The van der Waals surface area contributed by atoms with Crippen LogP contribution in [0.5, 0.6) is 0 Å². The van der Waals surface area contributed by atoms with Crippen molar-refractivity contribution in [1.82, 2.24) is 4.90 Å². The summed E-state index contributed by atoms with van der Waals surface area (Å²) in [5.41, 5.74) is 6.16. The van der Waals surface area contributed by atoms with Crippen LogP contribution in [0, 0.1) is 5.41 Å². The zero-order chi connectivity index (χ0) is 12.3. The van der Waals surface area contributed by atoms with Crippen LogP contribution in [0.25, 0.3) is 0 Å². The van der Waals surface area contributed by atoms with Gasteiger partial charge in [0, 0.05) is 44.8 Å². The Morgan fingerprint density at radius 3 is 2.88 bits per heavy atom. The number of likely N-dealkylation sites (tertiary alicyclic amines) is 1. The Morgan fingerprint density at radius 2 is 2.35 bits per heavy atom. The Morgan fingerprint density at radius 1 is 1.53 bits per heavy atom. The molecule has 2 aliphatic rings. The highest BCUT2D eigenvalue weighted by Crippen LogP contribution is 2.31. The molecule has 17 heavy (non-hydrogen) atoms. The summed E-state index contributed by atoms with van der Waals surface area (Å²) in [7, 11) is 1.82. The van der Waals surface area contributed by atoms with Gasteiger partial charge in [0.05, 0.1) is 12.7 Å². The predicted molar refractivity (Wildman–Crippen MR) is 68.0 cm³/mol. The predicted octanol–water partition coefficient (Wildman–Crippen LogP) is 0.851. The van der Waals surface area contributed by atoms with Gasteiger partial charge >= 0.3 is 0 Å². The van der Waals surface area contributed by atoms with E-state index >= 15 is 0 Å². The lowest BCUT2D eigenvalue weighted by Crippen LogP contribution is -2.50. The molecule has 4 heteroatoms. The van der Waals surface area contributed by atoms with Crippen molar-refractivity contribution in [3.63, 3.8) is 0 Å². The molecule has 0 amide bonds. The molecule has 0 saturated carbocycles. The van der Waals surface area contributed by atoms with E-state index in [1.165, 1.54) is 0 Å². The van der Waals surface area contributed by atoms with Crippen LogP contribution in [0.2, 0.25) is 0 Å². The Balaban J connectivity index is 1.90. The summed E-state index contributed by atoms with van der Waals surface area (Å²) in [6, 6.07) is 0.595. The van der Waals surface area contributed by atoms with Crippen molar-refractivity contribution in [3.8, 4) is 0 Å². The van der Waals surface area contributed by atoms with E-state index in [2.05, 4.69) is 11.8 Å². The number of piperidine rings is 1. The van der Waals surface area contributed by atoms with Crippen LogP contribution in [0.3, 0.4) is 0 Å². The second-order valence-electron chi connectivity index (χ2n) is 5.71. The molecule has 100 valence electrons. The van der Waals surface area contributed by atoms with Crippen LogP contribution in [0.15, 0.2) is 0 Å². The van der Waals surface area contributed by atoms with Crippen molar-refractivity contribution in [1.29, 1.82) is 0 Å². The molecule has 3 unspecified atom stereocenters. The first-order valence-corrected chi connectivity index (χ1v) is 6.74. The maximum atomic E-state index is 5.95. The summed E-state index contributed by atoms with van der Waals surface area (Å²) in [6.45, 7) is 6.96. The van der Waals surface area contributed by atoms with Gasteiger partial charge < -0.3 is 15.2 Å². The van der Waals surface area contributed by atoms with Gasteiger partial charge in [-0.25, -0.2) is 0 Å². The molecule has 2 saturated heterocycles. The summed E-state index contributed by atoms with van der Waals surface area (Å²) < 4.78 is 11.0. The van der Waals surface area contributed by atoms with Gasteiger partial charge in [-0.2, -0.15) is 0 Å². The van der Waals surface area contributed by atoms with Gasteiger partial charge in [0.2, 0.25) is 0 Å². The first-order chi connectivity index (χ1) is 8.19. The SMILES string of the molecule is COC1CCN(CC2(CN)CCOC2)C(C)C1. The van der Waals surface area contributed by atoms with Gasteiger partial charge in [0.1, 0.15) is 0 Å². The Hall–Kier alpha value is -0.160. The van der Waals surface area contributed by atoms with E-state index in [9.17, 15) is 0 Å². The van der Waals surface area contributed by atoms with Crippen molar-refractivity contribution in [2.45, 2.75) is 38.3 Å². The van der Waals surface area contributed by atoms with E-state index in [1.54, 1.807) is 0 Å². The molecule has 2 heterocycles. The summed E-state index contributed by atoms with van der Waals surface area (Å²) in [5, 5.41) is 0. The van der Waals surface area contributed by atoms with E-state index in [-0.39, 0.29) is 5.41 Å². The highest BCUT2D eigenvalue weighted by molar-refractivity contribution is 4.90. The maximum Gasteiger partial charge on any atom is 0.0598 e. The van der Waals surface area contributed by atoms with E-state index in [0.29, 0.717) is 12.1 Å². The molecular formula is C13H26N2O2. The minimum Gasteiger partial charge on any atom is -0.381 e. The number of nitrogens with two attached hydrogens (primary N) is 1. The number of methoxy groups -OCH3 is 1. The summed E-state index contributed by atoms with van der Waals surface area (Å²) >= 11 is 0. The van der Waals surface area contributed by atoms with Gasteiger partial charge in [-0.05, 0) is 26.2 Å².